The maximum absolute atomic E-state index is 11.1. The Morgan fingerprint density at radius 2 is 1.79 bits per heavy atom. The molecule has 126 valence electrons. The second-order valence-corrected chi connectivity index (χ2v) is 7.54. The molecule has 0 heterocycles. The fraction of sp³-hybridized carbons (Fsp3) is 0.263. The topological polar surface area (TPSA) is 63.6 Å². The van der Waals surface area contributed by atoms with Gasteiger partial charge in [0.1, 0.15) is 0 Å². The lowest BCUT2D eigenvalue weighted by Crippen LogP contribution is -2.03. The summed E-state index contributed by atoms with van der Waals surface area (Å²) in [6, 6.07) is 15.8. The van der Waals surface area contributed by atoms with Gasteiger partial charge in [-0.1, -0.05) is 54.6 Å². The van der Waals surface area contributed by atoms with Crippen LogP contribution in [0.1, 0.15) is 34.8 Å². The Kier molecular flexibility index (Phi) is 4.85. The lowest BCUT2D eigenvalue weighted by atomic mass is 9.93. The zero-order valence-corrected chi connectivity index (χ0v) is 14.3. The summed E-state index contributed by atoms with van der Waals surface area (Å²) in [4.78, 5) is 0. The molecule has 0 saturated heterocycles. The molecule has 0 saturated carbocycles. The van der Waals surface area contributed by atoms with Gasteiger partial charge < -0.3 is 5.11 Å². The summed E-state index contributed by atoms with van der Waals surface area (Å²) in [6.07, 6.45) is 3.51. The number of hydrogen-bond donors (Lipinski definition) is 1. The third kappa shape index (κ3) is 3.75. The zero-order chi connectivity index (χ0) is 17.2. The van der Waals surface area contributed by atoms with Crippen LogP contribution >= 0.6 is 0 Å². The van der Waals surface area contributed by atoms with Crippen molar-refractivity contribution in [3.63, 3.8) is 0 Å². The zero-order valence-electron chi connectivity index (χ0n) is 13.5. The predicted molar refractivity (Wildman–Crippen MR) is 94.0 cm³/mol. The normalized spacial score (nSPS) is 18.8. The first-order chi connectivity index (χ1) is 11.5. The van der Waals surface area contributed by atoms with Gasteiger partial charge in [0.25, 0.3) is 10.1 Å². The summed E-state index contributed by atoms with van der Waals surface area (Å²) in [5.41, 5.74) is 5.03. The quantitative estimate of drug-likeness (QED) is 0.684. The van der Waals surface area contributed by atoms with Crippen LogP contribution in [0, 0.1) is 0 Å². The summed E-state index contributed by atoms with van der Waals surface area (Å²) < 4.78 is 27.0. The van der Waals surface area contributed by atoms with E-state index in [1.807, 2.05) is 54.6 Å². The smallest absolute Gasteiger partial charge is 0.264 e. The average Bonchev–Trinajstić information content (AvgIpc) is 2.66. The molecule has 5 heteroatoms. The van der Waals surface area contributed by atoms with Crippen LogP contribution in [-0.2, 0) is 20.7 Å². The highest BCUT2D eigenvalue weighted by atomic mass is 32.2. The van der Waals surface area contributed by atoms with Gasteiger partial charge in [-0.05, 0) is 34.2 Å². The lowest BCUT2D eigenvalue weighted by molar-refractivity contribution is 0.179. The van der Waals surface area contributed by atoms with Crippen LogP contribution in [0.3, 0.4) is 0 Å². The Balaban J connectivity index is 2.01. The van der Waals surface area contributed by atoms with Gasteiger partial charge in [-0.25, -0.2) is 0 Å². The molecule has 0 aromatic heterocycles. The molecule has 0 radical (unpaired) electrons. The lowest BCUT2D eigenvalue weighted by Gasteiger charge is -2.13. The third-order valence-electron chi connectivity index (χ3n) is 4.09. The van der Waals surface area contributed by atoms with Gasteiger partial charge >= 0.3 is 0 Å². The van der Waals surface area contributed by atoms with Crippen molar-refractivity contribution in [2.75, 3.05) is 12.9 Å². The van der Waals surface area contributed by atoms with Crippen molar-refractivity contribution in [2.45, 2.75) is 18.9 Å². The first kappa shape index (κ1) is 16.9. The van der Waals surface area contributed by atoms with Gasteiger partial charge in [-0.15, -0.1) is 0 Å². The van der Waals surface area contributed by atoms with Crippen molar-refractivity contribution >= 4 is 15.7 Å². The Bertz CT molecular complexity index is 868. The highest BCUT2D eigenvalue weighted by Crippen LogP contribution is 2.37. The molecule has 1 N–H and O–H groups in total. The van der Waals surface area contributed by atoms with E-state index >= 15 is 0 Å². The number of fused-ring (bicyclic) bond motifs is 2. The van der Waals surface area contributed by atoms with Crippen LogP contribution in [0.25, 0.3) is 5.57 Å². The van der Waals surface area contributed by atoms with E-state index in [0.717, 1.165) is 34.1 Å². The molecule has 0 spiro atoms. The molecule has 24 heavy (non-hydrogen) atoms. The van der Waals surface area contributed by atoms with E-state index in [9.17, 15) is 13.5 Å². The molecule has 1 aliphatic carbocycles. The number of hydrogen-bond acceptors (Lipinski definition) is 4. The Morgan fingerprint density at radius 1 is 1.12 bits per heavy atom. The summed E-state index contributed by atoms with van der Waals surface area (Å²) in [7, 11) is -3.43. The highest BCUT2D eigenvalue weighted by Gasteiger charge is 2.22. The number of benzene rings is 2. The minimum absolute atomic E-state index is 0.106. The van der Waals surface area contributed by atoms with Crippen LogP contribution in [0.4, 0.5) is 0 Å². The summed E-state index contributed by atoms with van der Waals surface area (Å²) >= 11 is 0. The molecule has 2 aromatic rings. The minimum atomic E-state index is -3.43. The van der Waals surface area contributed by atoms with E-state index in [4.69, 9.17) is 4.18 Å². The molecule has 1 aliphatic rings. The molecular weight excluding hydrogens is 324 g/mol. The van der Waals surface area contributed by atoms with E-state index in [2.05, 4.69) is 0 Å². The maximum Gasteiger partial charge on any atom is 0.264 e. The van der Waals surface area contributed by atoms with Crippen molar-refractivity contribution in [3.05, 3.63) is 76.9 Å². The standard InChI is InChI=1S/C19H20O4S/c1-24(21,22)23-12-6-11-16-15-8-3-2-7-14(15)13-19(20)18-10-5-4-9-17(16)18/h2-5,7-11,19-20H,6,12-13H2,1H3/b16-11-. The molecule has 2 aromatic carbocycles. The third-order valence-corrected chi connectivity index (χ3v) is 4.69. The van der Waals surface area contributed by atoms with Crippen molar-refractivity contribution in [1.82, 2.24) is 0 Å². The van der Waals surface area contributed by atoms with Gasteiger partial charge in [-0.3, -0.25) is 4.18 Å². The molecule has 4 nitrogen and oxygen atoms in total. The molecule has 0 bridgehead atoms. The second-order valence-electron chi connectivity index (χ2n) is 5.90. The van der Waals surface area contributed by atoms with Crippen LogP contribution in [0.2, 0.25) is 0 Å². The molecule has 3 rings (SSSR count). The van der Waals surface area contributed by atoms with Crippen molar-refractivity contribution < 1.29 is 17.7 Å². The minimum Gasteiger partial charge on any atom is -0.388 e. The van der Waals surface area contributed by atoms with Gasteiger partial charge in [0.2, 0.25) is 0 Å². The molecule has 1 unspecified atom stereocenters. The van der Waals surface area contributed by atoms with Crippen molar-refractivity contribution in [2.24, 2.45) is 0 Å². The number of rotatable bonds is 4. The van der Waals surface area contributed by atoms with E-state index in [1.54, 1.807) is 0 Å². The summed E-state index contributed by atoms with van der Waals surface area (Å²) in [5.74, 6) is 0. The molecule has 1 atom stereocenters. The molecular formula is C19H20O4S. The van der Waals surface area contributed by atoms with Gasteiger partial charge in [0, 0.05) is 6.42 Å². The van der Waals surface area contributed by atoms with E-state index in [-0.39, 0.29) is 6.61 Å². The predicted octanol–water partition coefficient (Wildman–Crippen LogP) is 3.07. The highest BCUT2D eigenvalue weighted by molar-refractivity contribution is 7.85. The molecule has 0 fully saturated rings. The van der Waals surface area contributed by atoms with Gasteiger partial charge in [-0.2, -0.15) is 8.42 Å². The van der Waals surface area contributed by atoms with Crippen LogP contribution < -0.4 is 0 Å². The Labute approximate surface area is 142 Å². The average molecular weight is 344 g/mol. The van der Waals surface area contributed by atoms with Gasteiger partial charge in [0.15, 0.2) is 0 Å². The van der Waals surface area contributed by atoms with E-state index in [0.29, 0.717) is 12.8 Å². The molecule has 0 amide bonds. The monoisotopic (exact) mass is 344 g/mol. The SMILES string of the molecule is CS(=O)(=O)OCC/C=C1/c2ccccc2CC(O)c2ccccc21. The molecule has 0 aliphatic heterocycles. The Morgan fingerprint density at radius 3 is 2.54 bits per heavy atom. The van der Waals surface area contributed by atoms with E-state index < -0.39 is 16.2 Å². The summed E-state index contributed by atoms with van der Waals surface area (Å²) in [5, 5.41) is 10.6. The van der Waals surface area contributed by atoms with E-state index in [1.165, 1.54) is 0 Å². The number of aliphatic hydroxyl groups is 1. The fourth-order valence-electron chi connectivity index (χ4n) is 3.08. The largest absolute Gasteiger partial charge is 0.388 e. The van der Waals surface area contributed by atoms with Crippen LogP contribution in [0.15, 0.2) is 54.6 Å². The summed E-state index contributed by atoms with van der Waals surface area (Å²) in [6.45, 7) is 0.106. The van der Waals surface area contributed by atoms with Crippen LogP contribution in [0.5, 0.6) is 0 Å². The first-order valence-electron chi connectivity index (χ1n) is 7.86. The van der Waals surface area contributed by atoms with Gasteiger partial charge in [0.05, 0.1) is 19.0 Å². The maximum atomic E-state index is 11.1. The first-order valence-corrected chi connectivity index (χ1v) is 9.67. The fourth-order valence-corrected chi connectivity index (χ4v) is 3.48. The number of aliphatic hydroxyl groups excluding tert-OH is 1. The Hall–Kier alpha value is -1.95. The van der Waals surface area contributed by atoms with Crippen molar-refractivity contribution in [3.8, 4) is 0 Å². The van der Waals surface area contributed by atoms with Crippen molar-refractivity contribution in [1.29, 1.82) is 0 Å². The second kappa shape index (κ2) is 6.89. The van der Waals surface area contributed by atoms with Crippen LogP contribution in [-0.4, -0.2) is 26.4 Å².